The lowest BCUT2D eigenvalue weighted by Gasteiger charge is -2.16. The highest BCUT2D eigenvalue weighted by Gasteiger charge is 2.22. The van der Waals surface area contributed by atoms with E-state index in [9.17, 15) is 29.4 Å². The highest BCUT2D eigenvalue weighted by molar-refractivity contribution is 5.72. The van der Waals surface area contributed by atoms with Crippen LogP contribution < -0.4 is 0 Å². The third kappa shape index (κ3) is 14.0. The molecule has 0 radical (unpaired) electrons. The molecule has 3 unspecified atom stereocenters. The summed E-state index contributed by atoms with van der Waals surface area (Å²) in [6.07, 6.45) is 7.87. The molecule has 0 saturated carbocycles. The van der Waals surface area contributed by atoms with Gasteiger partial charge in [0.05, 0.1) is 17.8 Å². The molecule has 4 N–H and O–H groups in total. The number of hydrogen-bond acceptors (Lipinski definition) is 4. The van der Waals surface area contributed by atoms with Crippen molar-refractivity contribution in [3.8, 4) is 0 Å². The molecule has 30 heavy (non-hydrogen) atoms. The second-order valence-electron chi connectivity index (χ2n) is 8.10. The lowest BCUT2D eigenvalue weighted by atomic mass is 9.89. The molecule has 0 aromatic carbocycles. The van der Waals surface area contributed by atoms with Crippen molar-refractivity contribution in [2.45, 2.75) is 96.8 Å². The summed E-state index contributed by atoms with van der Waals surface area (Å²) in [5.74, 6) is -5.57. The normalized spacial score (nSPS) is 14.0. The van der Waals surface area contributed by atoms with E-state index in [1.54, 1.807) is 0 Å². The van der Waals surface area contributed by atoms with Crippen LogP contribution in [-0.4, -0.2) is 44.3 Å². The monoisotopic (exact) mass is 430 g/mol. The number of unbranched alkanes of at least 4 members (excludes halogenated alkanes) is 4. The van der Waals surface area contributed by atoms with Crippen LogP contribution in [0.15, 0.2) is 0 Å². The molecule has 0 fully saturated rings. The van der Waals surface area contributed by atoms with Crippen molar-refractivity contribution in [1.29, 1.82) is 0 Å². The Morgan fingerprint density at radius 3 is 1.27 bits per heavy atom. The van der Waals surface area contributed by atoms with Crippen LogP contribution in [0, 0.1) is 17.8 Å². The highest BCUT2D eigenvalue weighted by Crippen LogP contribution is 2.23. The Balaban J connectivity index is 4.29. The largest absolute Gasteiger partial charge is 0.481 e. The molecule has 0 rings (SSSR count). The SMILES string of the molecule is CCCCCCC(CCCCC(CCCC(CCC(=O)O)C(=O)O)C(=O)O)C(=O)O. The highest BCUT2D eigenvalue weighted by atomic mass is 16.4. The summed E-state index contributed by atoms with van der Waals surface area (Å²) in [4.78, 5) is 44.7. The van der Waals surface area contributed by atoms with E-state index in [1.165, 1.54) is 0 Å². The number of rotatable bonds is 20. The smallest absolute Gasteiger partial charge is 0.306 e. The topological polar surface area (TPSA) is 149 Å². The molecule has 0 aliphatic heterocycles. The van der Waals surface area contributed by atoms with Crippen molar-refractivity contribution in [3.05, 3.63) is 0 Å². The molecule has 8 heteroatoms. The van der Waals surface area contributed by atoms with Crippen molar-refractivity contribution in [2.75, 3.05) is 0 Å². The number of carboxylic acids is 4. The van der Waals surface area contributed by atoms with Crippen LogP contribution in [-0.2, 0) is 19.2 Å². The zero-order valence-corrected chi connectivity index (χ0v) is 18.1. The van der Waals surface area contributed by atoms with E-state index in [0.717, 1.165) is 25.7 Å². The molecule has 0 bridgehead atoms. The summed E-state index contributed by atoms with van der Waals surface area (Å²) in [5, 5.41) is 36.6. The second-order valence-corrected chi connectivity index (χ2v) is 8.10. The second kappa shape index (κ2) is 16.7. The predicted molar refractivity (Wildman–Crippen MR) is 111 cm³/mol. The van der Waals surface area contributed by atoms with Crippen LogP contribution in [0.5, 0.6) is 0 Å². The quantitative estimate of drug-likeness (QED) is 0.204. The van der Waals surface area contributed by atoms with Gasteiger partial charge in [-0.1, -0.05) is 51.9 Å². The molecular weight excluding hydrogens is 392 g/mol. The van der Waals surface area contributed by atoms with Crippen molar-refractivity contribution in [2.24, 2.45) is 17.8 Å². The maximum absolute atomic E-state index is 11.5. The standard InChI is InChI=1S/C22H38O8/c1-2-3-4-5-9-16(20(25)26)10-6-7-11-17(21(27)28)12-8-13-18(22(29)30)14-15-19(23)24/h16-18H,2-15H2,1H3,(H,23,24)(H,25,26)(H,27,28)(H,29,30). The van der Waals surface area contributed by atoms with Crippen molar-refractivity contribution >= 4 is 23.9 Å². The average Bonchev–Trinajstić information content (AvgIpc) is 2.66. The molecule has 0 aliphatic carbocycles. The maximum Gasteiger partial charge on any atom is 0.306 e. The molecule has 0 saturated heterocycles. The summed E-state index contributed by atoms with van der Waals surface area (Å²) in [6, 6.07) is 0. The van der Waals surface area contributed by atoms with E-state index in [4.69, 9.17) is 10.2 Å². The summed E-state index contributed by atoms with van der Waals surface area (Å²) >= 11 is 0. The number of aliphatic carboxylic acids is 4. The Morgan fingerprint density at radius 2 is 0.900 bits per heavy atom. The molecule has 0 heterocycles. The fraction of sp³-hybridized carbons (Fsp3) is 0.818. The van der Waals surface area contributed by atoms with Crippen LogP contribution in [0.4, 0.5) is 0 Å². The Morgan fingerprint density at radius 1 is 0.533 bits per heavy atom. The summed E-state index contributed by atoms with van der Waals surface area (Å²) in [5.41, 5.74) is 0. The zero-order valence-electron chi connectivity index (χ0n) is 18.1. The minimum absolute atomic E-state index is 0.0389. The summed E-state index contributed by atoms with van der Waals surface area (Å²) in [6.45, 7) is 2.10. The van der Waals surface area contributed by atoms with E-state index in [0.29, 0.717) is 44.9 Å². The Bertz CT molecular complexity index is 531. The Kier molecular flexibility index (Phi) is 15.5. The summed E-state index contributed by atoms with van der Waals surface area (Å²) in [7, 11) is 0. The van der Waals surface area contributed by atoms with Crippen LogP contribution in [0.1, 0.15) is 96.8 Å². The Labute approximate surface area is 178 Å². The van der Waals surface area contributed by atoms with Crippen molar-refractivity contribution in [1.82, 2.24) is 0 Å². The molecule has 174 valence electrons. The van der Waals surface area contributed by atoms with E-state index < -0.39 is 35.7 Å². The molecule has 0 aliphatic rings. The molecular formula is C22H38O8. The summed E-state index contributed by atoms with van der Waals surface area (Å²) < 4.78 is 0. The number of carbonyl (C=O) groups is 4. The van der Waals surface area contributed by atoms with E-state index in [2.05, 4.69) is 6.92 Å². The van der Waals surface area contributed by atoms with E-state index in [1.807, 2.05) is 0 Å². The lowest BCUT2D eigenvalue weighted by Crippen LogP contribution is -2.18. The molecule has 0 amide bonds. The fourth-order valence-electron chi connectivity index (χ4n) is 3.68. The van der Waals surface area contributed by atoms with Gasteiger partial charge in [0.1, 0.15) is 0 Å². The van der Waals surface area contributed by atoms with Crippen molar-refractivity contribution < 1.29 is 39.6 Å². The minimum atomic E-state index is -1.05. The first-order valence-electron chi connectivity index (χ1n) is 11.1. The molecule has 8 nitrogen and oxygen atoms in total. The van der Waals surface area contributed by atoms with Gasteiger partial charge in [-0.05, 0) is 38.5 Å². The molecule has 0 aromatic heterocycles. The molecule has 0 aromatic rings. The van der Waals surface area contributed by atoms with Crippen LogP contribution in [0.3, 0.4) is 0 Å². The first-order chi connectivity index (χ1) is 14.2. The van der Waals surface area contributed by atoms with Gasteiger partial charge in [-0.15, -0.1) is 0 Å². The van der Waals surface area contributed by atoms with Gasteiger partial charge in [-0.25, -0.2) is 0 Å². The van der Waals surface area contributed by atoms with Gasteiger partial charge in [-0.3, -0.25) is 19.2 Å². The van der Waals surface area contributed by atoms with Gasteiger partial charge >= 0.3 is 23.9 Å². The Hall–Kier alpha value is -2.12. The zero-order chi connectivity index (χ0) is 22.9. The third-order valence-electron chi connectivity index (χ3n) is 5.62. The minimum Gasteiger partial charge on any atom is -0.481 e. The van der Waals surface area contributed by atoms with Crippen LogP contribution in [0.2, 0.25) is 0 Å². The van der Waals surface area contributed by atoms with Gasteiger partial charge in [0, 0.05) is 6.42 Å². The van der Waals surface area contributed by atoms with E-state index >= 15 is 0 Å². The maximum atomic E-state index is 11.5. The first kappa shape index (κ1) is 27.9. The molecule has 3 atom stereocenters. The van der Waals surface area contributed by atoms with Crippen LogP contribution >= 0.6 is 0 Å². The molecule has 0 spiro atoms. The average molecular weight is 431 g/mol. The van der Waals surface area contributed by atoms with Gasteiger partial charge in [0.15, 0.2) is 0 Å². The van der Waals surface area contributed by atoms with E-state index in [-0.39, 0.29) is 25.2 Å². The van der Waals surface area contributed by atoms with Gasteiger partial charge in [0.25, 0.3) is 0 Å². The predicted octanol–water partition coefficient (Wildman–Crippen LogP) is 4.65. The third-order valence-corrected chi connectivity index (χ3v) is 5.62. The van der Waals surface area contributed by atoms with Crippen LogP contribution in [0.25, 0.3) is 0 Å². The van der Waals surface area contributed by atoms with Crippen molar-refractivity contribution in [3.63, 3.8) is 0 Å². The number of hydrogen-bond donors (Lipinski definition) is 4. The van der Waals surface area contributed by atoms with Gasteiger partial charge < -0.3 is 20.4 Å². The van der Waals surface area contributed by atoms with Gasteiger partial charge in [0.2, 0.25) is 0 Å². The van der Waals surface area contributed by atoms with Gasteiger partial charge in [-0.2, -0.15) is 0 Å². The lowest BCUT2D eigenvalue weighted by molar-refractivity contribution is -0.144. The number of carboxylic acid groups (broad SMARTS) is 4. The fourth-order valence-corrected chi connectivity index (χ4v) is 3.68. The first-order valence-corrected chi connectivity index (χ1v) is 11.1.